The maximum absolute atomic E-state index is 9.25. The van der Waals surface area contributed by atoms with Crippen molar-refractivity contribution in [1.82, 2.24) is 0 Å². The molecule has 0 heterocycles. The molecule has 1 saturated carbocycles. The summed E-state index contributed by atoms with van der Waals surface area (Å²) in [5, 5.41) is 9.25. The van der Waals surface area contributed by atoms with Crippen LogP contribution in [0.1, 0.15) is 31.2 Å². The molecule has 17 heavy (non-hydrogen) atoms. The van der Waals surface area contributed by atoms with Crippen molar-refractivity contribution in [3.8, 4) is 0 Å². The molecule has 0 aromatic heterocycles. The van der Waals surface area contributed by atoms with Gasteiger partial charge in [0.15, 0.2) is 0 Å². The maximum Gasteiger partial charge on any atom is 0.0606 e. The number of para-hydroxylation sites is 1. The number of aliphatic hydroxyl groups excluding tert-OH is 1. The molecule has 0 aliphatic heterocycles. The van der Waals surface area contributed by atoms with Crippen LogP contribution in [0.4, 0.5) is 5.69 Å². The second-order valence-electron chi connectivity index (χ2n) is 4.69. The van der Waals surface area contributed by atoms with Gasteiger partial charge in [0.25, 0.3) is 0 Å². The monoisotopic (exact) mass is 234 g/mol. The zero-order valence-corrected chi connectivity index (χ0v) is 10.3. The van der Waals surface area contributed by atoms with Gasteiger partial charge in [0, 0.05) is 24.8 Å². The van der Waals surface area contributed by atoms with Crippen LogP contribution in [-0.2, 0) is 6.54 Å². The molecular weight excluding hydrogens is 212 g/mol. The lowest BCUT2D eigenvalue weighted by atomic mass is 10.1. The molecule has 1 aromatic carbocycles. The number of benzene rings is 1. The molecule has 0 radical (unpaired) electrons. The van der Waals surface area contributed by atoms with Crippen molar-refractivity contribution < 1.29 is 5.11 Å². The first kappa shape index (κ1) is 12.4. The van der Waals surface area contributed by atoms with Gasteiger partial charge >= 0.3 is 0 Å². The third-order valence-corrected chi connectivity index (χ3v) is 3.63. The summed E-state index contributed by atoms with van der Waals surface area (Å²) < 4.78 is 0. The minimum atomic E-state index is 0.204. The third-order valence-electron chi connectivity index (χ3n) is 3.63. The average molecular weight is 234 g/mol. The summed E-state index contributed by atoms with van der Waals surface area (Å²) in [6.45, 7) is 1.47. The Morgan fingerprint density at radius 2 is 1.94 bits per heavy atom. The van der Waals surface area contributed by atoms with Gasteiger partial charge < -0.3 is 15.7 Å². The topological polar surface area (TPSA) is 49.5 Å². The molecule has 1 aromatic rings. The average Bonchev–Trinajstić information content (AvgIpc) is 2.89. The molecule has 3 nitrogen and oxygen atoms in total. The molecule has 0 amide bonds. The summed E-state index contributed by atoms with van der Waals surface area (Å²) in [5.41, 5.74) is 8.17. The molecule has 94 valence electrons. The van der Waals surface area contributed by atoms with Gasteiger partial charge in [-0.15, -0.1) is 0 Å². The Morgan fingerprint density at radius 3 is 2.59 bits per heavy atom. The molecule has 0 atom stereocenters. The largest absolute Gasteiger partial charge is 0.395 e. The van der Waals surface area contributed by atoms with E-state index in [1.54, 1.807) is 0 Å². The molecular formula is C14H22N2O. The van der Waals surface area contributed by atoms with Crippen LogP contribution in [0.15, 0.2) is 24.3 Å². The van der Waals surface area contributed by atoms with Crippen molar-refractivity contribution in [3.05, 3.63) is 29.8 Å². The summed E-state index contributed by atoms with van der Waals surface area (Å²) in [4.78, 5) is 2.34. The quantitative estimate of drug-likeness (QED) is 0.818. The minimum absolute atomic E-state index is 0.204. The van der Waals surface area contributed by atoms with Gasteiger partial charge in [-0.3, -0.25) is 0 Å². The van der Waals surface area contributed by atoms with Gasteiger partial charge in [0.2, 0.25) is 0 Å². The van der Waals surface area contributed by atoms with Crippen LogP contribution in [-0.4, -0.2) is 24.3 Å². The highest BCUT2D eigenvalue weighted by Crippen LogP contribution is 2.30. The normalized spacial score (nSPS) is 16.4. The number of hydrogen-bond donors (Lipinski definition) is 2. The predicted octanol–water partition coefficient (Wildman–Crippen LogP) is 1.89. The Bertz CT molecular complexity index is 348. The van der Waals surface area contributed by atoms with Crippen molar-refractivity contribution in [3.63, 3.8) is 0 Å². The van der Waals surface area contributed by atoms with Crippen molar-refractivity contribution in [2.24, 2.45) is 5.73 Å². The van der Waals surface area contributed by atoms with E-state index in [1.165, 1.54) is 36.9 Å². The molecule has 2 rings (SSSR count). The fourth-order valence-corrected chi connectivity index (χ4v) is 2.79. The van der Waals surface area contributed by atoms with Crippen LogP contribution in [0.5, 0.6) is 0 Å². The lowest BCUT2D eigenvalue weighted by Gasteiger charge is -2.32. The summed E-state index contributed by atoms with van der Waals surface area (Å²) in [7, 11) is 0. The van der Waals surface area contributed by atoms with E-state index in [1.807, 2.05) is 12.1 Å². The van der Waals surface area contributed by atoms with Gasteiger partial charge in [-0.05, 0) is 24.5 Å². The first-order valence-corrected chi connectivity index (χ1v) is 6.52. The zero-order valence-electron chi connectivity index (χ0n) is 10.3. The Hall–Kier alpha value is -1.06. The number of aliphatic hydroxyl groups is 1. The number of rotatable bonds is 5. The summed E-state index contributed by atoms with van der Waals surface area (Å²) in [5.74, 6) is 0. The Morgan fingerprint density at radius 1 is 1.24 bits per heavy atom. The van der Waals surface area contributed by atoms with Crippen LogP contribution in [0, 0.1) is 0 Å². The van der Waals surface area contributed by atoms with Crippen molar-refractivity contribution >= 4 is 5.69 Å². The summed E-state index contributed by atoms with van der Waals surface area (Å²) in [6, 6.07) is 8.85. The highest BCUT2D eigenvalue weighted by molar-refractivity contribution is 5.54. The number of hydrogen-bond acceptors (Lipinski definition) is 3. The van der Waals surface area contributed by atoms with Gasteiger partial charge in [-0.2, -0.15) is 0 Å². The fraction of sp³-hybridized carbons (Fsp3) is 0.571. The fourth-order valence-electron chi connectivity index (χ4n) is 2.79. The number of nitrogens with two attached hydrogens (primary N) is 1. The van der Waals surface area contributed by atoms with Crippen LogP contribution in [0.25, 0.3) is 0 Å². The Balaban J connectivity index is 2.24. The maximum atomic E-state index is 9.25. The Labute approximate surface area is 103 Å². The first-order chi connectivity index (χ1) is 8.36. The number of nitrogens with zero attached hydrogens (tertiary/aromatic N) is 1. The van der Waals surface area contributed by atoms with E-state index >= 15 is 0 Å². The highest BCUT2D eigenvalue weighted by Gasteiger charge is 2.23. The molecule has 0 bridgehead atoms. The standard InChI is InChI=1S/C14H22N2O/c15-11-12-5-1-4-8-14(12)16(9-10-17)13-6-2-3-7-13/h1,4-5,8,13,17H,2-3,6-7,9-11,15H2. The lowest BCUT2D eigenvalue weighted by Crippen LogP contribution is -2.36. The minimum Gasteiger partial charge on any atom is -0.395 e. The van der Waals surface area contributed by atoms with Gasteiger partial charge in [0.1, 0.15) is 0 Å². The molecule has 1 aliphatic rings. The van der Waals surface area contributed by atoms with E-state index < -0.39 is 0 Å². The van der Waals surface area contributed by atoms with Crippen molar-refractivity contribution in [2.75, 3.05) is 18.1 Å². The zero-order chi connectivity index (χ0) is 12.1. The molecule has 1 aliphatic carbocycles. The van der Waals surface area contributed by atoms with E-state index in [0.29, 0.717) is 19.1 Å². The third kappa shape index (κ3) is 2.79. The highest BCUT2D eigenvalue weighted by atomic mass is 16.3. The van der Waals surface area contributed by atoms with Crippen molar-refractivity contribution in [1.29, 1.82) is 0 Å². The van der Waals surface area contributed by atoms with E-state index in [-0.39, 0.29) is 6.61 Å². The number of anilines is 1. The predicted molar refractivity (Wildman–Crippen MR) is 71.0 cm³/mol. The smallest absolute Gasteiger partial charge is 0.0606 e. The van der Waals surface area contributed by atoms with Crippen LogP contribution in [0.3, 0.4) is 0 Å². The lowest BCUT2D eigenvalue weighted by molar-refractivity contribution is 0.297. The molecule has 3 N–H and O–H groups in total. The molecule has 0 saturated heterocycles. The van der Waals surface area contributed by atoms with E-state index in [0.717, 1.165) is 0 Å². The van der Waals surface area contributed by atoms with Gasteiger partial charge in [-0.25, -0.2) is 0 Å². The first-order valence-electron chi connectivity index (χ1n) is 6.52. The molecule has 0 unspecified atom stereocenters. The van der Waals surface area contributed by atoms with Crippen LogP contribution >= 0.6 is 0 Å². The molecule has 3 heteroatoms. The van der Waals surface area contributed by atoms with E-state index in [4.69, 9.17) is 5.73 Å². The molecule has 1 fully saturated rings. The van der Waals surface area contributed by atoms with E-state index in [2.05, 4.69) is 17.0 Å². The second-order valence-corrected chi connectivity index (χ2v) is 4.69. The second kappa shape index (κ2) is 6.03. The summed E-state index contributed by atoms with van der Waals surface area (Å²) in [6.07, 6.45) is 5.08. The van der Waals surface area contributed by atoms with Gasteiger partial charge in [-0.1, -0.05) is 31.0 Å². The molecule has 0 spiro atoms. The van der Waals surface area contributed by atoms with Gasteiger partial charge in [0.05, 0.1) is 6.61 Å². The van der Waals surface area contributed by atoms with Crippen LogP contribution < -0.4 is 10.6 Å². The van der Waals surface area contributed by atoms with Crippen LogP contribution in [0.2, 0.25) is 0 Å². The summed E-state index contributed by atoms with van der Waals surface area (Å²) >= 11 is 0. The SMILES string of the molecule is NCc1ccccc1N(CCO)C1CCCC1. The van der Waals surface area contributed by atoms with Crippen molar-refractivity contribution in [2.45, 2.75) is 38.3 Å². The van der Waals surface area contributed by atoms with E-state index in [9.17, 15) is 5.11 Å². The Kier molecular flexibility index (Phi) is 4.40.